The minimum absolute atomic E-state index is 0.0623. The van der Waals surface area contributed by atoms with Crippen LogP contribution in [0.5, 0.6) is 0 Å². The summed E-state index contributed by atoms with van der Waals surface area (Å²) < 4.78 is 0. The average molecular weight is 205 g/mol. The van der Waals surface area contributed by atoms with E-state index in [1.807, 2.05) is 0 Å². The van der Waals surface area contributed by atoms with Gasteiger partial charge in [-0.1, -0.05) is 0 Å². The summed E-state index contributed by atoms with van der Waals surface area (Å²) in [6, 6.07) is 0. The van der Waals surface area contributed by atoms with Crippen LogP contribution in [0.2, 0.25) is 0 Å². The van der Waals surface area contributed by atoms with Crippen molar-refractivity contribution in [2.24, 2.45) is 0 Å². The summed E-state index contributed by atoms with van der Waals surface area (Å²) in [6.07, 6.45) is 2.73. The first kappa shape index (κ1) is 12.8. The van der Waals surface area contributed by atoms with E-state index >= 15 is 0 Å². The zero-order chi connectivity index (χ0) is 10.3. The van der Waals surface area contributed by atoms with Crippen molar-refractivity contribution in [1.29, 1.82) is 0 Å². The molecular formula is C9H19NO2S. The maximum absolute atomic E-state index is 11.3. The van der Waals surface area contributed by atoms with Crippen LogP contribution in [0.3, 0.4) is 0 Å². The molecule has 0 aromatic heterocycles. The molecular weight excluding hydrogens is 186 g/mol. The Bertz CT molecular complexity index is 151. The van der Waals surface area contributed by atoms with E-state index < -0.39 is 0 Å². The van der Waals surface area contributed by atoms with E-state index in [1.54, 1.807) is 18.9 Å². The molecule has 0 aromatic rings. The number of carbonyl (C=O) groups is 1. The van der Waals surface area contributed by atoms with Gasteiger partial charge in [0.05, 0.1) is 5.25 Å². The van der Waals surface area contributed by atoms with Gasteiger partial charge in [-0.05, 0) is 26.2 Å². The predicted molar refractivity (Wildman–Crippen MR) is 57.0 cm³/mol. The van der Waals surface area contributed by atoms with E-state index in [1.165, 1.54) is 0 Å². The van der Waals surface area contributed by atoms with E-state index in [4.69, 9.17) is 5.11 Å². The zero-order valence-corrected chi connectivity index (χ0v) is 9.26. The number of nitrogens with zero attached hydrogens (tertiary/aromatic N) is 1. The summed E-state index contributed by atoms with van der Waals surface area (Å²) in [5.74, 6) is 0.0623. The molecule has 13 heavy (non-hydrogen) atoms. The molecule has 0 bridgehead atoms. The summed E-state index contributed by atoms with van der Waals surface area (Å²) in [6.45, 7) is 2.76. The number of aliphatic hydroxyl groups is 1. The van der Waals surface area contributed by atoms with Gasteiger partial charge in [0.15, 0.2) is 0 Å². The van der Waals surface area contributed by atoms with Gasteiger partial charge in [-0.2, -0.15) is 12.6 Å². The van der Waals surface area contributed by atoms with E-state index in [0.717, 1.165) is 25.8 Å². The highest BCUT2D eigenvalue weighted by Gasteiger charge is 2.12. The smallest absolute Gasteiger partial charge is 0.234 e. The number of unbranched alkanes of at least 4 members (excludes halogenated alkanes) is 2. The van der Waals surface area contributed by atoms with Crippen molar-refractivity contribution in [3.05, 3.63) is 0 Å². The Morgan fingerprint density at radius 1 is 1.46 bits per heavy atom. The lowest BCUT2D eigenvalue weighted by Gasteiger charge is -2.18. The number of rotatable bonds is 6. The van der Waals surface area contributed by atoms with Crippen LogP contribution in [0.1, 0.15) is 26.2 Å². The molecule has 1 N–H and O–H groups in total. The Morgan fingerprint density at radius 2 is 2.08 bits per heavy atom. The molecule has 0 aliphatic rings. The summed E-state index contributed by atoms with van der Waals surface area (Å²) in [5.41, 5.74) is 0. The Hall–Kier alpha value is -0.220. The van der Waals surface area contributed by atoms with Crippen LogP contribution < -0.4 is 0 Å². The fourth-order valence-corrected chi connectivity index (χ4v) is 1.26. The molecule has 0 saturated carbocycles. The Kier molecular flexibility index (Phi) is 7.09. The SMILES string of the molecule is CC(S)C(=O)N(C)CCCCCO. The molecule has 0 spiro atoms. The second-order valence-corrected chi connectivity index (χ2v) is 3.99. The molecule has 1 unspecified atom stereocenters. The average Bonchev–Trinajstić information content (AvgIpc) is 2.10. The Morgan fingerprint density at radius 3 is 2.54 bits per heavy atom. The lowest BCUT2D eigenvalue weighted by atomic mass is 10.2. The number of aliphatic hydroxyl groups excluding tert-OH is 1. The van der Waals surface area contributed by atoms with Crippen LogP contribution in [0.4, 0.5) is 0 Å². The van der Waals surface area contributed by atoms with E-state index in [2.05, 4.69) is 12.6 Å². The number of amides is 1. The van der Waals surface area contributed by atoms with Gasteiger partial charge < -0.3 is 10.0 Å². The third-order valence-corrected chi connectivity index (χ3v) is 2.11. The van der Waals surface area contributed by atoms with Crippen LogP contribution in [0, 0.1) is 0 Å². The number of carbonyl (C=O) groups excluding carboxylic acids is 1. The van der Waals surface area contributed by atoms with Gasteiger partial charge in [-0.3, -0.25) is 4.79 Å². The highest BCUT2D eigenvalue weighted by atomic mass is 32.1. The van der Waals surface area contributed by atoms with Crippen LogP contribution in [-0.4, -0.2) is 41.4 Å². The van der Waals surface area contributed by atoms with Gasteiger partial charge in [0.25, 0.3) is 0 Å². The minimum atomic E-state index is -0.220. The number of hydrogen-bond donors (Lipinski definition) is 2. The molecule has 0 radical (unpaired) electrons. The van der Waals surface area contributed by atoms with E-state index in [-0.39, 0.29) is 17.8 Å². The van der Waals surface area contributed by atoms with Crippen LogP contribution >= 0.6 is 12.6 Å². The van der Waals surface area contributed by atoms with Crippen molar-refractivity contribution in [3.63, 3.8) is 0 Å². The summed E-state index contributed by atoms with van der Waals surface area (Å²) in [4.78, 5) is 13.0. The Labute approximate surface area is 85.5 Å². The van der Waals surface area contributed by atoms with Crippen molar-refractivity contribution < 1.29 is 9.90 Å². The second-order valence-electron chi connectivity index (χ2n) is 3.22. The maximum atomic E-state index is 11.3. The largest absolute Gasteiger partial charge is 0.396 e. The summed E-state index contributed by atoms with van der Waals surface area (Å²) >= 11 is 4.06. The molecule has 0 rings (SSSR count). The molecule has 0 aliphatic heterocycles. The van der Waals surface area contributed by atoms with Crippen molar-refractivity contribution in [1.82, 2.24) is 4.90 Å². The van der Waals surface area contributed by atoms with Crippen molar-refractivity contribution in [3.8, 4) is 0 Å². The first-order valence-corrected chi connectivity index (χ1v) is 5.15. The van der Waals surface area contributed by atoms with Gasteiger partial charge in [0, 0.05) is 20.2 Å². The second kappa shape index (κ2) is 7.21. The van der Waals surface area contributed by atoms with Crippen LogP contribution in [0.15, 0.2) is 0 Å². The van der Waals surface area contributed by atoms with Crippen molar-refractivity contribution >= 4 is 18.5 Å². The van der Waals surface area contributed by atoms with Gasteiger partial charge >= 0.3 is 0 Å². The normalized spacial score (nSPS) is 12.6. The lowest BCUT2D eigenvalue weighted by Crippen LogP contribution is -2.32. The number of thiol groups is 1. The third-order valence-electron chi connectivity index (χ3n) is 1.89. The topological polar surface area (TPSA) is 40.5 Å². The lowest BCUT2D eigenvalue weighted by molar-refractivity contribution is -0.129. The monoisotopic (exact) mass is 205 g/mol. The van der Waals surface area contributed by atoms with Crippen LogP contribution in [-0.2, 0) is 4.79 Å². The fraction of sp³-hybridized carbons (Fsp3) is 0.889. The van der Waals surface area contributed by atoms with Gasteiger partial charge in [0.2, 0.25) is 5.91 Å². The quantitative estimate of drug-likeness (QED) is 0.500. The van der Waals surface area contributed by atoms with Crippen molar-refractivity contribution in [2.75, 3.05) is 20.2 Å². The number of hydrogen-bond acceptors (Lipinski definition) is 3. The summed E-state index contributed by atoms with van der Waals surface area (Å²) in [5, 5.41) is 8.32. The van der Waals surface area contributed by atoms with E-state index in [9.17, 15) is 4.79 Å². The first-order valence-electron chi connectivity index (χ1n) is 4.63. The third kappa shape index (κ3) is 5.93. The molecule has 0 fully saturated rings. The van der Waals surface area contributed by atoms with Gasteiger partial charge in [-0.25, -0.2) is 0 Å². The molecule has 1 amide bonds. The molecule has 0 saturated heterocycles. The fourth-order valence-electron chi connectivity index (χ4n) is 1.07. The molecule has 0 aliphatic carbocycles. The molecule has 4 heteroatoms. The first-order chi connectivity index (χ1) is 6.09. The molecule has 0 heterocycles. The molecule has 1 atom stereocenters. The maximum Gasteiger partial charge on any atom is 0.234 e. The Balaban J connectivity index is 3.50. The standard InChI is InChI=1S/C9H19NO2S/c1-8(13)9(12)10(2)6-4-3-5-7-11/h8,11,13H,3-7H2,1-2H3. The van der Waals surface area contributed by atoms with Crippen LogP contribution in [0.25, 0.3) is 0 Å². The highest BCUT2D eigenvalue weighted by molar-refractivity contribution is 7.81. The molecule has 0 aromatic carbocycles. The van der Waals surface area contributed by atoms with Gasteiger partial charge in [-0.15, -0.1) is 0 Å². The minimum Gasteiger partial charge on any atom is -0.396 e. The van der Waals surface area contributed by atoms with Crippen molar-refractivity contribution in [2.45, 2.75) is 31.4 Å². The summed E-state index contributed by atoms with van der Waals surface area (Å²) in [7, 11) is 1.79. The zero-order valence-electron chi connectivity index (χ0n) is 8.36. The molecule has 3 nitrogen and oxygen atoms in total. The molecule has 78 valence electrons. The predicted octanol–water partition coefficient (Wildman–Crippen LogP) is 0.926. The van der Waals surface area contributed by atoms with Gasteiger partial charge in [0.1, 0.15) is 0 Å². The highest BCUT2D eigenvalue weighted by Crippen LogP contribution is 2.02. The van der Waals surface area contributed by atoms with E-state index in [0.29, 0.717) is 0 Å².